The van der Waals surface area contributed by atoms with Crippen LogP contribution in [0.4, 0.5) is 0 Å². The van der Waals surface area contributed by atoms with E-state index in [0.717, 1.165) is 21.9 Å². The molecule has 0 bridgehead atoms. The molecule has 0 spiro atoms. The molecule has 3 aromatic rings. The molecule has 0 amide bonds. The van der Waals surface area contributed by atoms with Crippen molar-refractivity contribution in [1.82, 2.24) is 0 Å². The Morgan fingerprint density at radius 1 is 0.821 bits per heavy atom. The summed E-state index contributed by atoms with van der Waals surface area (Å²) in [5.74, 6) is -0.795. The van der Waals surface area contributed by atoms with E-state index in [9.17, 15) is 9.59 Å². The Hall–Kier alpha value is -3.14. The van der Waals surface area contributed by atoms with Gasteiger partial charge in [-0.3, -0.25) is 9.59 Å². The highest BCUT2D eigenvalue weighted by molar-refractivity contribution is 5.83. The zero-order valence-electron chi connectivity index (χ0n) is 16.0. The van der Waals surface area contributed by atoms with Crippen molar-refractivity contribution < 1.29 is 19.1 Å². The predicted octanol–water partition coefficient (Wildman–Crippen LogP) is 5.36. The molecule has 0 saturated heterocycles. The first kappa shape index (κ1) is 19.6. The maximum atomic E-state index is 12.1. The minimum atomic E-state index is -0.405. The van der Waals surface area contributed by atoms with E-state index in [4.69, 9.17) is 9.47 Å². The highest BCUT2D eigenvalue weighted by Gasteiger charge is 2.16. The van der Waals surface area contributed by atoms with Gasteiger partial charge in [0.1, 0.15) is 12.7 Å². The van der Waals surface area contributed by atoms with Gasteiger partial charge in [0.25, 0.3) is 0 Å². The van der Waals surface area contributed by atoms with Crippen molar-refractivity contribution >= 4 is 22.7 Å². The number of rotatable bonds is 8. The van der Waals surface area contributed by atoms with E-state index in [1.807, 2.05) is 79.7 Å². The molecular weight excluding hydrogens is 352 g/mol. The van der Waals surface area contributed by atoms with E-state index in [1.165, 1.54) is 0 Å². The maximum Gasteiger partial charge on any atom is 0.306 e. The molecule has 0 fully saturated rings. The SMILES string of the molecule is CCC(OC(=O)CCC(=O)OCc1ccc2ccccc2c1)c1ccccc1. The molecule has 0 saturated carbocycles. The van der Waals surface area contributed by atoms with Crippen LogP contribution in [-0.2, 0) is 25.7 Å². The molecule has 28 heavy (non-hydrogen) atoms. The summed E-state index contributed by atoms with van der Waals surface area (Å²) in [7, 11) is 0. The summed E-state index contributed by atoms with van der Waals surface area (Å²) in [6.45, 7) is 2.16. The van der Waals surface area contributed by atoms with Gasteiger partial charge < -0.3 is 9.47 Å². The summed E-state index contributed by atoms with van der Waals surface area (Å²) in [6, 6.07) is 23.6. The number of esters is 2. The molecule has 0 aliphatic rings. The molecule has 0 aliphatic carbocycles. The third kappa shape index (κ3) is 5.43. The summed E-state index contributed by atoms with van der Waals surface area (Å²) in [5.41, 5.74) is 1.88. The second-order valence-corrected chi connectivity index (χ2v) is 6.64. The largest absolute Gasteiger partial charge is 0.461 e. The fourth-order valence-electron chi connectivity index (χ4n) is 3.04. The number of ether oxygens (including phenoxy) is 2. The molecule has 144 valence electrons. The van der Waals surface area contributed by atoms with Crippen LogP contribution in [0.15, 0.2) is 72.8 Å². The second-order valence-electron chi connectivity index (χ2n) is 6.64. The van der Waals surface area contributed by atoms with Gasteiger partial charge >= 0.3 is 11.9 Å². The van der Waals surface area contributed by atoms with E-state index in [-0.39, 0.29) is 25.6 Å². The summed E-state index contributed by atoms with van der Waals surface area (Å²) >= 11 is 0. The van der Waals surface area contributed by atoms with Crippen molar-refractivity contribution in [1.29, 1.82) is 0 Å². The van der Waals surface area contributed by atoms with Crippen molar-refractivity contribution in [3.05, 3.63) is 83.9 Å². The molecule has 4 nitrogen and oxygen atoms in total. The number of fused-ring (bicyclic) bond motifs is 1. The quantitative estimate of drug-likeness (QED) is 0.497. The van der Waals surface area contributed by atoms with Crippen LogP contribution in [0.3, 0.4) is 0 Å². The fraction of sp³-hybridized carbons (Fsp3) is 0.250. The van der Waals surface area contributed by atoms with Crippen LogP contribution in [0.1, 0.15) is 43.4 Å². The Bertz CT molecular complexity index is 934. The minimum absolute atomic E-state index is 0.0115. The highest BCUT2D eigenvalue weighted by Crippen LogP contribution is 2.21. The Balaban J connectivity index is 1.44. The summed E-state index contributed by atoms with van der Waals surface area (Å²) in [5, 5.41) is 2.25. The van der Waals surface area contributed by atoms with Crippen LogP contribution in [0.25, 0.3) is 10.8 Å². The first-order valence-corrected chi connectivity index (χ1v) is 9.53. The average Bonchev–Trinajstić information content (AvgIpc) is 2.75. The van der Waals surface area contributed by atoms with Crippen LogP contribution in [0.2, 0.25) is 0 Å². The predicted molar refractivity (Wildman–Crippen MR) is 109 cm³/mol. The zero-order chi connectivity index (χ0) is 19.8. The lowest BCUT2D eigenvalue weighted by Crippen LogP contribution is -2.13. The van der Waals surface area contributed by atoms with Crippen molar-refractivity contribution in [2.24, 2.45) is 0 Å². The lowest BCUT2D eigenvalue weighted by Gasteiger charge is -2.16. The number of carbonyl (C=O) groups is 2. The second kappa shape index (κ2) is 9.70. The normalized spacial score (nSPS) is 11.8. The standard InChI is InChI=1S/C24H24O4/c1-2-22(20-9-4-3-5-10-20)28-24(26)15-14-23(25)27-17-18-12-13-19-8-6-7-11-21(19)16-18/h3-13,16,22H,2,14-15,17H2,1H3. The van der Waals surface area contributed by atoms with Gasteiger partial charge in [0.2, 0.25) is 0 Å². The van der Waals surface area contributed by atoms with Crippen molar-refractivity contribution in [3.8, 4) is 0 Å². The molecule has 0 aliphatic heterocycles. The molecule has 3 aromatic carbocycles. The maximum absolute atomic E-state index is 12.1. The molecule has 0 N–H and O–H groups in total. The average molecular weight is 376 g/mol. The third-order valence-corrected chi connectivity index (χ3v) is 4.56. The molecule has 0 heterocycles. The Morgan fingerprint density at radius 2 is 1.50 bits per heavy atom. The van der Waals surface area contributed by atoms with Crippen molar-refractivity contribution in [3.63, 3.8) is 0 Å². The molecule has 1 unspecified atom stereocenters. The van der Waals surface area contributed by atoms with Gasteiger partial charge in [0.05, 0.1) is 12.8 Å². The van der Waals surface area contributed by atoms with Gasteiger partial charge in [-0.1, -0.05) is 73.7 Å². The van der Waals surface area contributed by atoms with Crippen LogP contribution in [0.5, 0.6) is 0 Å². The zero-order valence-corrected chi connectivity index (χ0v) is 16.0. The van der Waals surface area contributed by atoms with E-state index in [2.05, 4.69) is 0 Å². The Labute approximate surface area is 165 Å². The molecular formula is C24H24O4. The first-order chi connectivity index (χ1) is 13.7. The van der Waals surface area contributed by atoms with Gasteiger partial charge in [-0.15, -0.1) is 0 Å². The van der Waals surface area contributed by atoms with Gasteiger partial charge in [0.15, 0.2) is 0 Å². The minimum Gasteiger partial charge on any atom is -0.461 e. The van der Waals surface area contributed by atoms with E-state index >= 15 is 0 Å². The summed E-state index contributed by atoms with van der Waals surface area (Å²) < 4.78 is 10.8. The van der Waals surface area contributed by atoms with Crippen molar-refractivity contribution in [2.75, 3.05) is 0 Å². The van der Waals surface area contributed by atoms with Gasteiger partial charge in [-0.25, -0.2) is 0 Å². The van der Waals surface area contributed by atoms with Crippen LogP contribution < -0.4 is 0 Å². The van der Waals surface area contributed by atoms with E-state index in [1.54, 1.807) is 0 Å². The molecule has 1 atom stereocenters. The molecule has 0 radical (unpaired) electrons. The van der Waals surface area contributed by atoms with E-state index in [0.29, 0.717) is 6.42 Å². The van der Waals surface area contributed by atoms with Crippen LogP contribution in [-0.4, -0.2) is 11.9 Å². The summed E-state index contributed by atoms with van der Waals surface area (Å²) in [4.78, 5) is 24.1. The smallest absolute Gasteiger partial charge is 0.306 e. The number of hydrogen-bond acceptors (Lipinski definition) is 4. The lowest BCUT2D eigenvalue weighted by atomic mass is 10.1. The van der Waals surface area contributed by atoms with Gasteiger partial charge in [0, 0.05) is 0 Å². The third-order valence-electron chi connectivity index (χ3n) is 4.56. The highest BCUT2D eigenvalue weighted by atomic mass is 16.5. The van der Waals surface area contributed by atoms with Crippen molar-refractivity contribution in [2.45, 2.75) is 38.9 Å². The Morgan fingerprint density at radius 3 is 2.25 bits per heavy atom. The molecule has 3 rings (SSSR count). The first-order valence-electron chi connectivity index (χ1n) is 9.53. The van der Waals surface area contributed by atoms with Crippen LogP contribution >= 0.6 is 0 Å². The number of benzene rings is 3. The lowest BCUT2D eigenvalue weighted by molar-refractivity contribution is -0.154. The Kier molecular flexibility index (Phi) is 6.79. The monoisotopic (exact) mass is 376 g/mol. The molecule has 4 heteroatoms. The van der Waals surface area contributed by atoms with Crippen LogP contribution in [0, 0.1) is 0 Å². The fourth-order valence-corrected chi connectivity index (χ4v) is 3.04. The number of hydrogen-bond donors (Lipinski definition) is 0. The summed E-state index contributed by atoms with van der Waals surface area (Å²) in [6.07, 6.45) is 0.419. The topological polar surface area (TPSA) is 52.6 Å². The van der Waals surface area contributed by atoms with Gasteiger partial charge in [-0.05, 0) is 34.4 Å². The van der Waals surface area contributed by atoms with Gasteiger partial charge in [-0.2, -0.15) is 0 Å². The van der Waals surface area contributed by atoms with E-state index < -0.39 is 11.9 Å². The number of carbonyl (C=O) groups excluding carboxylic acids is 2. The molecule has 0 aromatic heterocycles.